The van der Waals surface area contributed by atoms with Gasteiger partial charge in [0.15, 0.2) is 0 Å². The molecule has 0 amide bonds. The summed E-state index contributed by atoms with van der Waals surface area (Å²) in [5.74, 6) is 0. The number of hydrogen-bond donors (Lipinski definition) is 0. The molecule has 0 bridgehead atoms. The summed E-state index contributed by atoms with van der Waals surface area (Å²) in [4.78, 5) is 4.04. The van der Waals surface area contributed by atoms with E-state index in [-0.39, 0.29) is 0 Å². The number of para-hydroxylation sites is 1. The second-order valence-electron chi connectivity index (χ2n) is 4.14. The van der Waals surface area contributed by atoms with E-state index in [4.69, 9.17) is 0 Å². The molecule has 18 heavy (non-hydrogen) atoms. The minimum absolute atomic E-state index is 1.02. The largest absolute Gasteiger partial charge is 0.265 e. The van der Waals surface area contributed by atoms with Crippen LogP contribution in [-0.2, 0) is 0 Å². The molecule has 1 aromatic carbocycles. The first kappa shape index (κ1) is 10.7. The number of pyridine rings is 1. The molecule has 0 fully saturated rings. The highest BCUT2D eigenvalue weighted by atomic mass is 15.3. The standard InChI is InChI=1S/C15H13N3/c1-12-15(13-7-9-16-10-8-13)11-18(17-12)14-5-3-2-4-6-14/h2-11H,1H3. The molecule has 0 saturated carbocycles. The van der Waals surface area contributed by atoms with E-state index in [9.17, 15) is 0 Å². The van der Waals surface area contributed by atoms with Crippen LogP contribution in [0.15, 0.2) is 61.1 Å². The predicted molar refractivity (Wildman–Crippen MR) is 71.5 cm³/mol. The van der Waals surface area contributed by atoms with Crippen molar-refractivity contribution < 1.29 is 0 Å². The van der Waals surface area contributed by atoms with Crippen molar-refractivity contribution in [2.24, 2.45) is 0 Å². The van der Waals surface area contributed by atoms with E-state index in [2.05, 4.69) is 16.3 Å². The van der Waals surface area contributed by atoms with Crippen molar-refractivity contribution in [1.82, 2.24) is 14.8 Å². The Kier molecular flexibility index (Phi) is 2.65. The molecule has 0 aliphatic rings. The zero-order valence-electron chi connectivity index (χ0n) is 10.1. The van der Waals surface area contributed by atoms with Gasteiger partial charge < -0.3 is 0 Å². The third kappa shape index (κ3) is 1.91. The molecule has 88 valence electrons. The van der Waals surface area contributed by atoms with E-state index >= 15 is 0 Å². The van der Waals surface area contributed by atoms with Crippen molar-refractivity contribution in [3.63, 3.8) is 0 Å². The Morgan fingerprint density at radius 1 is 0.944 bits per heavy atom. The van der Waals surface area contributed by atoms with Crippen molar-refractivity contribution in [3.05, 3.63) is 66.7 Å². The lowest BCUT2D eigenvalue weighted by molar-refractivity contribution is 0.863. The summed E-state index contributed by atoms with van der Waals surface area (Å²) in [5, 5.41) is 4.55. The summed E-state index contributed by atoms with van der Waals surface area (Å²) < 4.78 is 1.91. The number of aromatic nitrogens is 3. The molecule has 0 N–H and O–H groups in total. The van der Waals surface area contributed by atoms with Crippen LogP contribution in [0.25, 0.3) is 16.8 Å². The van der Waals surface area contributed by atoms with Crippen molar-refractivity contribution in [2.45, 2.75) is 6.92 Å². The lowest BCUT2D eigenvalue weighted by atomic mass is 10.1. The molecule has 0 saturated heterocycles. The van der Waals surface area contributed by atoms with E-state index in [0.29, 0.717) is 0 Å². The minimum Gasteiger partial charge on any atom is -0.265 e. The van der Waals surface area contributed by atoms with Gasteiger partial charge in [-0.25, -0.2) is 4.68 Å². The van der Waals surface area contributed by atoms with Crippen LogP contribution in [0.3, 0.4) is 0 Å². The van der Waals surface area contributed by atoms with Gasteiger partial charge in [-0.1, -0.05) is 18.2 Å². The maximum absolute atomic E-state index is 4.55. The second kappa shape index (κ2) is 4.45. The SMILES string of the molecule is Cc1nn(-c2ccccc2)cc1-c1ccncc1. The molecule has 0 spiro atoms. The van der Waals surface area contributed by atoms with Gasteiger partial charge in [-0.2, -0.15) is 5.10 Å². The normalized spacial score (nSPS) is 10.5. The van der Waals surface area contributed by atoms with E-state index in [0.717, 1.165) is 22.5 Å². The fourth-order valence-electron chi connectivity index (χ4n) is 1.99. The number of benzene rings is 1. The van der Waals surface area contributed by atoms with Gasteiger partial charge in [0.25, 0.3) is 0 Å². The van der Waals surface area contributed by atoms with E-state index < -0.39 is 0 Å². The third-order valence-electron chi connectivity index (χ3n) is 2.91. The monoisotopic (exact) mass is 235 g/mol. The first-order valence-corrected chi connectivity index (χ1v) is 5.87. The maximum atomic E-state index is 4.55. The Morgan fingerprint density at radius 3 is 2.39 bits per heavy atom. The van der Waals surface area contributed by atoms with E-state index in [1.165, 1.54) is 0 Å². The molecule has 2 aromatic heterocycles. The molecule has 0 atom stereocenters. The molecular weight excluding hydrogens is 222 g/mol. The summed E-state index contributed by atoms with van der Waals surface area (Å²) in [6.45, 7) is 2.02. The van der Waals surface area contributed by atoms with Crippen molar-refractivity contribution in [3.8, 4) is 16.8 Å². The molecule has 3 nitrogen and oxygen atoms in total. The van der Waals surface area contributed by atoms with Crippen LogP contribution in [0.1, 0.15) is 5.69 Å². The van der Waals surface area contributed by atoms with E-state index in [1.54, 1.807) is 12.4 Å². The molecule has 3 heteroatoms. The smallest absolute Gasteiger partial charge is 0.0676 e. The number of aryl methyl sites for hydroxylation is 1. The summed E-state index contributed by atoms with van der Waals surface area (Å²) in [6.07, 6.45) is 5.66. The van der Waals surface area contributed by atoms with Crippen molar-refractivity contribution in [1.29, 1.82) is 0 Å². The third-order valence-corrected chi connectivity index (χ3v) is 2.91. The minimum atomic E-state index is 1.02. The Hall–Kier alpha value is -2.42. The first-order valence-electron chi connectivity index (χ1n) is 5.87. The number of nitrogens with zero attached hydrogens (tertiary/aromatic N) is 3. The Morgan fingerprint density at radius 2 is 1.67 bits per heavy atom. The number of hydrogen-bond acceptors (Lipinski definition) is 2. The van der Waals surface area contributed by atoms with Gasteiger partial charge in [0.2, 0.25) is 0 Å². The highest BCUT2D eigenvalue weighted by molar-refractivity contribution is 5.64. The Labute approximate surface area is 106 Å². The zero-order chi connectivity index (χ0) is 12.4. The van der Waals surface area contributed by atoms with Crippen LogP contribution >= 0.6 is 0 Å². The quantitative estimate of drug-likeness (QED) is 0.682. The fourth-order valence-corrected chi connectivity index (χ4v) is 1.99. The first-order chi connectivity index (χ1) is 8.84. The fraction of sp³-hybridized carbons (Fsp3) is 0.0667. The van der Waals surface area contributed by atoms with Crippen LogP contribution in [0.2, 0.25) is 0 Å². The molecule has 0 aliphatic heterocycles. The average Bonchev–Trinajstić information content (AvgIpc) is 2.83. The highest BCUT2D eigenvalue weighted by Gasteiger charge is 2.07. The van der Waals surface area contributed by atoms with E-state index in [1.807, 2.05) is 54.1 Å². The van der Waals surface area contributed by atoms with Crippen LogP contribution in [0.5, 0.6) is 0 Å². The summed E-state index contributed by atoms with van der Waals surface area (Å²) in [6, 6.07) is 14.1. The van der Waals surface area contributed by atoms with Gasteiger partial charge in [-0.05, 0) is 36.8 Å². The van der Waals surface area contributed by atoms with Crippen LogP contribution < -0.4 is 0 Å². The Balaban J connectivity index is 2.07. The van der Waals surface area contributed by atoms with Gasteiger partial charge in [0, 0.05) is 24.2 Å². The molecule has 3 aromatic rings. The summed E-state index contributed by atoms with van der Waals surface area (Å²) in [7, 11) is 0. The van der Waals surface area contributed by atoms with Crippen LogP contribution in [-0.4, -0.2) is 14.8 Å². The summed E-state index contributed by atoms with van der Waals surface area (Å²) >= 11 is 0. The van der Waals surface area contributed by atoms with Crippen LogP contribution in [0, 0.1) is 6.92 Å². The maximum Gasteiger partial charge on any atom is 0.0676 e. The van der Waals surface area contributed by atoms with Crippen molar-refractivity contribution >= 4 is 0 Å². The van der Waals surface area contributed by atoms with Gasteiger partial charge in [0.1, 0.15) is 0 Å². The number of rotatable bonds is 2. The molecule has 3 rings (SSSR count). The lowest BCUT2D eigenvalue weighted by Gasteiger charge is -1.99. The second-order valence-corrected chi connectivity index (χ2v) is 4.14. The predicted octanol–water partition coefficient (Wildman–Crippen LogP) is 3.24. The van der Waals surface area contributed by atoms with Crippen molar-refractivity contribution in [2.75, 3.05) is 0 Å². The van der Waals surface area contributed by atoms with Gasteiger partial charge in [0.05, 0.1) is 11.4 Å². The molecule has 0 unspecified atom stereocenters. The molecule has 0 radical (unpaired) electrons. The van der Waals surface area contributed by atoms with Crippen LogP contribution in [0.4, 0.5) is 0 Å². The lowest BCUT2D eigenvalue weighted by Crippen LogP contribution is -1.93. The molecule has 2 heterocycles. The molecular formula is C15H13N3. The molecule has 0 aliphatic carbocycles. The summed E-state index contributed by atoms with van der Waals surface area (Å²) in [5.41, 5.74) is 4.37. The average molecular weight is 235 g/mol. The van der Waals surface area contributed by atoms with Gasteiger partial charge >= 0.3 is 0 Å². The zero-order valence-corrected chi connectivity index (χ0v) is 10.1. The van der Waals surface area contributed by atoms with Gasteiger partial charge in [-0.15, -0.1) is 0 Å². The van der Waals surface area contributed by atoms with Gasteiger partial charge in [-0.3, -0.25) is 4.98 Å². The topological polar surface area (TPSA) is 30.7 Å². The highest BCUT2D eigenvalue weighted by Crippen LogP contribution is 2.23. The Bertz CT molecular complexity index is 642.